The van der Waals surface area contributed by atoms with Crippen LogP contribution in [0.3, 0.4) is 0 Å². The molecule has 0 saturated carbocycles. The van der Waals surface area contributed by atoms with Crippen LogP contribution in [0.15, 0.2) is 50.9 Å². The summed E-state index contributed by atoms with van der Waals surface area (Å²) in [6, 6.07) is 8.91. The molecule has 0 fully saturated rings. The van der Waals surface area contributed by atoms with Gasteiger partial charge in [0.15, 0.2) is 11.8 Å². The molecule has 0 bridgehead atoms. The average molecular weight is 397 g/mol. The molecule has 0 radical (unpaired) electrons. The molecule has 1 aliphatic heterocycles. The Morgan fingerprint density at radius 1 is 1.03 bits per heavy atom. The summed E-state index contributed by atoms with van der Waals surface area (Å²) < 4.78 is 16.2. The number of hydrogen-bond acceptors (Lipinski definition) is 7. The van der Waals surface area contributed by atoms with Gasteiger partial charge in [0.2, 0.25) is 11.8 Å². The largest absolute Gasteiger partial charge is 0.483 e. The van der Waals surface area contributed by atoms with E-state index >= 15 is 0 Å². The molecule has 2 aromatic rings. The SMILES string of the molecule is COC1=N[C@H](C(C)C)C(OC)=N[C@H]1[C@H](O)/C=C/c1cc(-c2ccc(C)cc2)on1. The predicted octanol–water partition coefficient (Wildman–Crippen LogP) is 3.52. The van der Waals surface area contributed by atoms with Crippen molar-refractivity contribution in [2.75, 3.05) is 14.2 Å². The van der Waals surface area contributed by atoms with E-state index in [1.165, 1.54) is 12.7 Å². The van der Waals surface area contributed by atoms with Gasteiger partial charge in [0, 0.05) is 11.6 Å². The van der Waals surface area contributed by atoms with Crippen LogP contribution in [-0.4, -0.2) is 54.5 Å². The number of ether oxygens (including phenoxy) is 2. The summed E-state index contributed by atoms with van der Waals surface area (Å²) in [4.78, 5) is 9.09. The highest BCUT2D eigenvalue weighted by Gasteiger charge is 2.34. The Labute approximate surface area is 170 Å². The first-order valence-corrected chi connectivity index (χ1v) is 9.56. The van der Waals surface area contributed by atoms with E-state index in [-0.39, 0.29) is 12.0 Å². The van der Waals surface area contributed by atoms with Crippen LogP contribution in [0.2, 0.25) is 0 Å². The molecule has 0 unspecified atom stereocenters. The Hall–Kier alpha value is -2.93. The monoisotopic (exact) mass is 397 g/mol. The Kier molecular flexibility index (Phi) is 6.49. The average Bonchev–Trinajstić information content (AvgIpc) is 3.20. The summed E-state index contributed by atoms with van der Waals surface area (Å²) in [5.41, 5.74) is 2.72. The highest BCUT2D eigenvalue weighted by atomic mass is 16.5. The maximum atomic E-state index is 10.7. The van der Waals surface area contributed by atoms with Crippen LogP contribution >= 0.6 is 0 Å². The number of aromatic nitrogens is 1. The lowest BCUT2D eigenvalue weighted by Gasteiger charge is -2.28. The van der Waals surface area contributed by atoms with Gasteiger partial charge in [-0.1, -0.05) is 54.9 Å². The van der Waals surface area contributed by atoms with Gasteiger partial charge in [0.25, 0.3) is 0 Å². The highest BCUT2D eigenvalue weighted by Crippen LogP contribution is 2.23. The van der Waals surface area contributed by atoms with Crippen molar-refractivity contribution < 1.29 is 19.1 Å². The summed E-state index contributed by atoms with van der Waals surface area (Å²) in [7, 11) is 3.08. The Balaban J connectivity index is 1.76. The Morgan fingerprint density at radius 2 is 1.66 bits per heavy atom. The summed E-state index contributed by atoms with van der Waals surface area (Å²) in [6.45, 7) is 6.09. The van der Waals surface area contributed by atoms with Crippen molar-refractivity contribution in [3.8, 4) is 11.3 Å². The van der Waals surface area contributed by atoms with Crippen LogP contribution in [-0.2, 0) is 9.47 Å². The molecule has 7 nitrogen and oxygen atoms in total. The first-order chi connectivity index (χ1) is 13.9. The topological polar surface area (TPSA) is 89.4 Å². The maximum absolute atomic E-state index is 10.7. The van der Waals surface area contributed by atoms with E-state index in [4.69, 9.17) is 14.0 Å². The number of methoxy groups -OCH3 is 2. The van der Waals surface area contributed by atoms with Crippen molar-refractivity contribution in [1.82, 2.24) is 5.16 Å². The molecule has 1 aliphatic rings. The lowest BCUT2D eigenvalue weighted by Crippen LogP contribution is -2.42. The summed E-state index contributed by atoms with van der Waals surface area (Å²) in [6.07, 6.45) is 2.34. The molecular weight excluding hydrogens is 370 g/mol. The molecule has 29 heavy (non-hydrogen) atoms. The summed E-state index contributed by atoms with van der Waals surface area (Å²) >= 11 is 0. The zero-order valence-corrected chi connectivity index (χ0v) is 17.4. The molecule has 3 atom stereocenters. The third-order valence-electron chi connectivity index (χ3n) is 4.74. The van der Waals surface area contributed by atoms with Crippen molar-refractivity contribution in [2.45, 2.75) is 39.0 Å². The number of hydrogen-bond donors (Lipinski definition) is 1. The van der Waals surface area contributed by atoms with Gasteiger partial charge in [-0.3, -0.25) is 0 Å². The smallest absolute Gasteiger partial charge is 0.212 e. The quantitative estimate of drug-likeness (QED) is 0.834. The van der Waals surface area contributed by atoms with Crippen LogP contribution in [0, 0.1) is 12.8 Å². The number of aliphatic imine (C=N–C) groups is 2. The lowest BCUT2D eigenvalue weighted by atomic mass is 10.0. The van der Waals surface area contributed by atoms with Crippen molar-refractivity contribution in [3.63, 3.8) is 0 Å². The van der Waals surface area contributed by atoms with E-state index in [0.717, 1.165) is 5.56 Å². The molecule has 2 heterocycles. The Bertz CT molecular complexity index is 912. The molecular formula is C22H27N3O4. The van der Waals surface area contributed by atoms with Crippen LogP contribution < -0.4 is 0 Å². The zero-order chi connectivity index (χ0) is 21.0. The van der Waals surface area contributed by atoms with E-state index in [1.807, 2.05) is 51.1 Å². The van der Waals surface area contributed by atoms with Crippen molar-refractivity contribution in [3.05, 3.63) is 47.7 Å². The fourth-order valence-electron chi connectivity index (χ4n) is 3.06. The predicted molar refractivity (Wildman–Crippen MR) is 113 cm³/mol. The second-order valence-electron chi connectivity index (χ2n) is 7.31. The lowest BCUT2D eigenvalue weighted by molar-refractivity contribution is 0.197. The second-order valence-corrected chi connectivity index (χ2v) is 7.31. The second kappa shape index (κ2) is 9.05. The van der Waals surface area contributed by atoms with Crippen LogP contribution in [0.5, 0.6) is 0 Å². The molecule has 154 valence electrons. The van der Waals surface area contributed by atoms with Gasteiger partial charge in [-0.15, -0.1) is 0 Å². The van der Waals surface area contributed by atoms with Gasteiger partial charge in [0.1, 0.15) is 17.8 Å². The minimum atomic E-state index is -0.952. The third-order valence-corrected chi connectivity index (χ3v) is 4.74. The molecule has 1 N–H and O–H groups in total. The fraction of sp³-hybridized carbons (Fsp3) is 0.409. The number of nitrogens with zero attached hydrogens (tertiary/aromatic N) is 3. The molecule has 0 aliphatic carbocycles. The number of aryl methyl sites for hydroxylation is 1. The van der Waals surface area contributed by atoms with E-state index in [9.17, 15) is 5.11 Å². The first kappa shape index (κ1) is 20.8. The maximum Gasteiger partial charge on any atom is 0.212 e. The molecule has 1 aromatic heterocycles. The molecule has 0 saturated heterocycles. The molecule has 0 spiro atoms. The van der Waals surface area contributed by atoms with Gasteiger partial charge in [-0.05, 0) is 18.9 Å². The van der Waals surface area contributed by atoms with E-state index in [0.29, 0.717) is 23.2 Å². The van der Waals surface area contributed by atoms with Crippen molar-refractivity contribution in [2.24, 2.45) is 15.9 Å². The van der Waals surface area contributed by atoms with Crippen LogP contribution in [0.25, 0.3) is 17.4 Å². The fourth-order valence-corrected chi connectivity index (χ4v) is 3.06. The summed E-state index contributed by atoms with van der Waals surface area (Å²) in [5.74, 6) is 1.72. The van der Waals surface area contributed by atoms with Crippen LogP contribution in [0.1, 0.15) is 25.1 Å². The minimum Gasteiger partial charge on any atom is -0.483 e. The number of aliphatic hydroxyl groups excluding tert-OH is 1. The molecule has 1 aromatic carbocycles. The summed E-state index contributed by atoms with van der Waals surface area (Å²) in [5, 5.41) is 14.7. The van der Waals surface area contributed by atoms with E-state index in [1.54, 1.807) is 19.3 Å². The standard InChI is InChI=1S/C22H27N3O4/c1-13(2)19-21(27-4)24-20(22(23-19)28-5)17(26)11-10-16-12-18(29-25-16)15-8-6-14(3)7-9-15/h6-13,17,19-20,26H,1-5H3/b11-10+/t17-,19-,20+/m1/s1. The van der Waals surface area contributed by atoms with Gasteiger partial charge in [-0.2, -0.15) is 0 Å². The van der Waals surface area contributed by atoms with Gasteiger partial charge < -0.3 is 19.1 Å². The molecule has 7 heteroatoms. The van der Waals surface area contributed by atoms with Crippen molar-refractivity contribution in [1.29, 1.82) is 0 Å². The normalized spacial score (nSPS) is 20.5. The number of benzene rings is 1. The zero-order valence-electron chi connectivity index (χ0n) is 17.4. The molecule has 3 rings (SSSR count). The highest BCUT2D eigenvalue weighted by molar-refractivity contribution is 5.94. The van der Waals surface area contributed by atoms with E-state index < -0.39 is 12.1 Å². The van der Waals surface area contributed by atoms with E-state index in [2.05, 4.69) is 15.1 Å². The Morgan fingerprint density at radius 3 is 2.28 bits per heavy atom. The third kappa shape index (κ3) is 4.74. The van der Waals surface area contributed by atoms with Gasteiger partial charge in [-0.25, -0.2) is 9.98 Å². The molecule has 0 amide bonds. The van der Waals surface area contributed by atoms with Gasteiger partial charge >= 0.3 is 0 Å². The van der Waals surface area contributed by atoms with Gasteiger partial charge in [0.05, 0.1) is 14.2 Å². The first-order valence-electron chi connectivity index (χ1n) is 9.56. The van der Waals surface area contributed by atoms with Crippen molar-refractivity contribution >= 4 is 17.9 Å². The number of rotatable bonds is 5. The van der Waals surface area contributed by atoms with Crippen LogP contribution in [0.4, 0.5) is 0 Å². The number of aliphatic hydroxyl groups is 1. The minimum absolute atomic E-state index is 0.197.